The third-order valence-corrected chi connectivity index (χ3v) is 6.04. The van der Waals surface area contributed by atoms with Crippen LogP contribution < -0.4 is 15.6 Å². The lowest BCUT2D eigenvalue weighted by Gasteiger charge is -2.20. The largest absolute Gasteiger partial charge is 0.491 e. The predicted molar refractivity (Wildman–Crippen MR) is 82.3 cm³/mol. The number of thiocarbonyl (C=S) groups is 1. The first-order valence-electron chi connectivity index (χ1n) is 5.89. The minimum absolute atomic E-state index is 0.0407. The maximum atomic E-state index is 5.57. The van der Waals surface area contributed by atoms with Crippen LogP contribution in [0.4, 0.5) is 0 Å². The summed E-state index contributed by atoms with van der Waals surface area (Å²) >= 11 is 5.57. The molecule has 1 aromatic rings. The molecule has 102 valence electrons. The zero-order chi connectivity index (χ0) is 13.9. The molecule has 0 bridgehead atoms. The van der Waals surface area contributed by atoms with Crippen LogP contribution in [0.2, 0.25) is 0 Å². The number of hydrogen-bond acceptors (Lipinski definition) is 4. The predicted octanol–water partition coefficient (Wildman–Crippen LogP) is 2.33. The van der Waals surface area contributed by atoms with Crippen molar-refractivity contribution in [3.63, 3.8) is 0 Å². The zero-order valence-corrected chi connectivity index (χ0v) is 13.5. The van der Waals surface area contributed by atoms with Crippen LogP contribution in [0.5, 0.6) is 5.75 Å². The van der Waals surface area contributed by atoms with Crippen LogP contribution in [0.25, 0.3) is 0 Å². The van der Waals surface area contributed by atoms with Gasteiger partial charge in [0.2, 0.25) is 0 Å². The van der Waals surface area contributed by atoms with Crippen molar-refractivity contribution in [2.75, 3.05) is 21.2 Å². The van der Waals surface area contributed by atoms with Gasteiger partial charge in [-0.05, 0) is 24.3 Å². The number of hydrazine groups is 2. The van der Waals surface area contributed by atoms with Crippen molar-refractivity contribution in [1.82, 2.24) is 16.0 Å². The highest BCUT2D eigenvalue weighted by Gasteiger charge is 2.33. The summed E-state index contributed by atoms with van der Waals surface area (Å²) in [6.45, 7) is 6.45. The van der Waals surface area contributed by atoms with E-state index < -0.39 is 0 Å². The second-order valence-corrected chi connectivity index (χ2v) is 6.58. The first-order valence-corrected chi connectivity index (χ1v) is 7.69. The van der Waals surface area contributed by atoms with Gasteiger partial charge in [-0.25, -0.2) is 16.0 Å². The fraction of sp³-hybridized carbons (Fsp3) is 0.583. The van der Waals surface area contributed by atoms with Crippen molar-refractivity contribution in [3.05, 3.63) is 15.3 Å². The molecule has 4 nitrogen and oxygen atoms in total. The lowest BCUT2D eigenvalue weighted by Crippen LogP contribution is -2.47. The van der Waals surface area contributed by atoms with Crippen LogP contribution in [0.15, 0.2) is 0 Å². The van der Waals surface area contributed by atoms with E-state index in [1.54, 1.807) is 12.2 Å². The molecule has 0 radical (unpaired) electrons. The average Bonchev–Trinajstić information content (AvgIpc) is 2.62. The van der Waals surface area contributed by atoms with Gasteiger partial charge in [0.05, 0.1) is 12.7 Å². The van der Waals surface area contributed by atoms with E-state index in [0.717, 1.165) is 21.4 Å². The molecular weight excluding hydrogens is 266 g/mol. The van der Waals surface area contributed by atoms with Crippen molar-refractivity contribution in [3.8, 4) is 5.75 Å². The van der Waals surface area contributed by atoms with E-state index in [1.807, 2.05) is 14.1 Å². The molecule has 0 aromatic carbocycles. The number of thiophene rings is 1. The van der Waals surface area contributed by atoms with E-state index in [9.17, 15) is 0 Å². The van der Waals surface area contributed by atoms with Crippen molar-refractivity contribution in [1.29, 1.82) is 0 Å². The Morgan fingerprint density at radius 3 is 2.28 bits per heavy atom. The molecular formula is C12H22N3OS2+. The fourth-order valence-electron chi connectivity index (χ4n) is 2.01. The summed E-state index contributed by atoms with van der Waals surface area (Å²) in [7, 11) is 5.42. The minimum Gasteiger partial charge on any atom is -0.491 e. The van der Waals surface area contributed by atoms with Crippen LogP contribution in [-0.4, -0.2) is 31.3 Å². The molecule has 1 aromatic heterocycles. The molecule has 1 rings (SSSR count). The number of hydrogen-bond donors (Lipinski definition) is 2. The molecule has 1 heterocycles. The van der Waals surface area contributed by atoms with Crippen LogP contribution in [0.1, 0.15) is 22.2 Å². The van der Waals surface area contributed by atoms with Gasteiger partial charge in [-0.15, -0.1) is 0 Å². The Labute approximate surface area is 117 Å². The number of nitrogens with one attached hydrogen (secondary N) is 2. The standard InChI is InChI=1S/C12H22N3OS2/c1-7-18-9(3)8(2)10(16-6)11(18)12(17)15(13-4)14-5/h13-14H,7H2,1-6H3/q+1. The normalized spacial score (nSPS) is 11.6. The topological polar surface area (TPSA) is 36.5 Å². The Bertz CT molecular complexity index is 412. The monoisotopic (exact) mass is 288 g/mol. The van der Waals surface area contributed by atoms with Gasteiger partial charge in [0.25, 0.3) is 4.88 Å². The third-order valence-electron chi connectivity index (χ3n) is 3.03. The van der Waals surface area contributed by atoms with E-state index in [1.165, 1.54) is 10.4 Å². The van der Waals surface area contributed by atoms with Crippen LogP contribution in [0, 0.1) is 13.8 Å². The molecule has 18 heavy (non-hydrogen) atoms. The van der Waals surface area contributed by atoms with Gasteiger partial charge < -0.3 is 4.74 Å². The van der Waals surface area contributed by atoms with Gasteiger partial charge in [0.15, 0.2) is 15.6 Å². The smallest absolute Gasteiger partial charge is 0.253 e. The molecule has 1 atom stereocenters. The van der Waals surface area contributed by atoms with Gasteiger partial charge in [0.1, 0.15) is 5.75 Å². The van der Waals surface area contributed by atoms with E-state index in [4.69, 9.17) is 17.0 Å². The fourth-order valence-corrected chi connectivity index (χ4v) is 4.84. The molecule has 0 amide bonds. The maximum Gasteiger partial charge on any atom is 0.253 e. The Morgan fingerprint density at radius 1 is 1.33 bits per heavy atom. The van der Waals surface area contributed by atoms with E-state index in [-0.39, 0.29) is 10.5 Å². The molecule has 0 aliphatic carbocycles. The Morgan fingerprint density at radius 2 is 1.89 bits per heavy atom. The van der Waals surface area contributed by atoms with Crippen molar-refractivity contribution < 1.29 is 4.74 Å². The molecule has 0 saturated heterocycles. The van der Waals surface area contributed by atoms with Crippen LogP contribution >= 0.6 is 22.7 Å². The molecule has 6 heteroatoms. The van der Waals surface area contributed by atoms with Gasteiger partial charge in [0, 0.05) is 21.0 Å². The minimum atomic E-state index is 0.0407. The Kier molecular flexibility index (Phi) is 5.52. The second-order valence-electron chi connectivity index (χ2n) is 3.81. The Hall–Kier alpha value is -0.690. The number of nitrogens with zero attached hydrogens (tertiary/aromatic N) is 1. The second kappa shape index (κ2) is 6.47. The van der Waals surface area contributed by atoms with E-state index in [2.05, 4.69) is 31.6 Å². The quantitative estimate of drug-likeness (QED) is 0.494. The van der Waals surface area contributed by atoms with Crippen molar-refractivity contribution in [2.24, 2.45) is 0 Å². The Balaban J connectivity index is 3.38. The lowest BCUT2D eigenvalue weighted by atomic mass is 10.2. The highest BCUT2D eigenvalue weighted by molar-refractivity contribution is 7.81. The summed E-state index contributed by atoms with van der Waals surface area (Å²) in [6, 6.07) is 0. The SMILES string of the molecule is CC[s+]1c(C)c(C)c(OC)c1C(=S)N(NC)NC. The highest BCUT2D eigenvalue weighted by atomic mass is 32.2. The molecule has 0 fully saturated rings. The van der Waals surface area contributed by atoms with Crippen molar-refractivity contribution in [2.45, 2.75) is 26.5 Å². The lowest BCUT2D eigenvalue weighted by molar-refractivity contribution is 0.272. The number of rotatable bonds is 5. The number of methoxy groups -OCH3 is 1. The van der Waals surface area contributed by atoms with Gasteiger partial charge >= 0.3 is 0 Å². The maximum absolute atomic E-state index is 5.57. The molecule has 1 unspecified atom stereocenters. The molecule has 0 aliphatic rings. The first-order chi connectivity index (χ1) is 8.53. The summed E-state index contributed by atoms with van der Waals surface area (Å²) in [5.74, 6) is 1.98. The summed E-state index contributed by atoms with van der Waals surface area (Å²) in [5.41, 5.74) is 7.26. The average molecular weight is 288 g/mol. The summed E-state index contributed by atoms with van der Waals surface area (Å²) in [4.78, 5) is 3.24. The summed E-state index contributed by atoms with van der Waals surface area (Å²) < 4.78 is 5.56. The third kappa shape index (κ3) is 2.51. The van der Waals surface area contributed by atoms with Crippen LogP contribution in [-0.2, 0) is 5.75 Å². The number of ether oxygens (including phenoxy) is 1. The highest BCUT2D eigenvalue weighted by Crippen LogP contribution is 2.43. The van der Waals surface area contributed by atoms with Crippen molar-refractivity contribution >= 4 is 27.7 Å². The van der Waals surface area contributed by atoms with E-state index in [0.29, 0.717) is 0 Å². The van der Waals surface area contributed by atoms with Gasteiger partial charge in [-0.1, -0.05) is 12.2 Å². The van der Waals surface area contributed by atoms with Crippen LogP contribution in [0.3, 0.4) is 0 Å². The molecule has 0 aliphatic heterocycles. The summed E-state index contributed by atoms with van der Waals surface area (Å²) in [5, 5.41) is 1.74. The molecule has 0 saturated carbocycles. The molecule has 0 spiro atoms. The summed E-state index contributed by atoms with van der Waals surface area (Å²) in [6.07, 6.45) is 0. The van der Waals surface area contributed by atoms with E-state index >= 15 is 0 Å². The van der Waals surface area contributed by atoms with Gasteiger partial charge in [-0.2, -0.15) is 0 Å². The van der Waals surface area contributed by atoms with Gasteiger partial charge in [-0.3, -0.25) is 0 Å². The molecule has 2 N–H and O–H groups in total. The zero-order valence-electron chi connectivity index (χ0n) is 11.9. The first kappa shape index (κ1) is 15.4.